The Labute approximate surface area is 72.2 Å². The van der Waals surface area contributed by atoms with Crippen LogP contribution in [0.1, 0.15) is 10.4 Å². The number of aromatic nitrogens is 1. The Morgan fingerprint density at radius 1 is 1.58 bits per heavy atom. The first-order valence-corrected chi connectivity index (χ1v) is 3.27. The molecule has 6 heteroatoms. The zero-order valence-corrected chi connectivity index (χ0v) is 6.49. The summed E-state index contributed by atoms with van der Waals surface area (Å²) in [6.45, 7) is 0. The fraction of sp³-hybridized carbons (Fsp3) is 0. The van der Waals surface area contributed by atoms with E-state index in [1.165, 1.54) is 18.3 Å². The van der Waals surface area contributed by atoms with E-state index >= 15 is 0 Å². The quantitative estimate of drug-likeness (QED) is 0.399. The molecule has 0 saturated carbocycles. The van der Waals surface area contributed by atoms with Crippen molar-refractivity contribution in [1.82, 2.24) is 4.98 Å². The SMILES string of the molecule is O=NOC(=O)c1ccc(Cl)nc1. The molecular formula is C6H3ClN2O3. The number of rotatable bonds is 2. The van der Waals surface area contributed by atoms with Crippen molar-refractivity contribution in [2.75, 3.05) is 0 Å². The van der Waals surface area contributed by atoms with Crippen molar-refractivity contribution in [2.45, 2.75) is 0 Å². The van der Waals surface area contributed by atoms with E-state index < -0.39 is 5.97 Å². The third kappa shape index (κ3) is 2.00. The Hall–Kier alpha value is -1.49. The van der Waals surface area contributed by atoms with Gasteiger partial charge in [-0.05, 0) is 12.1 Å². The van der Waals surface area contributed by atoms with Crippen molar-refractivity contribution in [3.05, 3.63) is 34.0 Å². The summed E-state index contributed by atoms with van der Waals surface area (Å²) in [4.78, 5) is 27.7. The molecule has 0 fully saturated rings. The molecule has 0 aliphatic heterocycles. The molecule has 0 unspecified atom stereocenters. The second-order valence-corrected chi connectivity index (χ2v) is 2.21. The first-order chi connectivity index (χ1) is 5.74. The molecule has 12 heavy (non-hydrogen) atoms. The van der Waals surface area contributed by atoms with Crippen molar-refractivity contribution in [3.8, 4) is 0 Å². The fourth-order valence-electron chi connectivity index (χ4n) is 0.583. The zero-order valence-electron chi connectivity index (χ0n) is 5.73. The van der Waals surface area contributed by atoms with Crippen LogP contribution in [0.25, 0.3) is 0 Å². The van der Waals surface area contributed by atoms with Crippen LogP contribution in [0.15, 0.2) is 23.7 Å². The van der Waals surface area contributed by atoms with Crippen molar-refractivity contribution >= 4 is 17.6 Å². The lowest BCUT2D eigenvalue weighted by Gasteiger charge is -1.93. The van der Waals surface area contributed by atoms with Gasteiger partial charge in [-0.1, -0.05) is 11.6 Å². The third-order valence-corrected chi connectivity index (χ3v) is 1.31. The minimum Gasteiger partial charge on any atom is -0.279 e. The second kappa shape index (κ2) is 3.77. The van der Waals surface area contributed by atoms with Gasteiger partial charge in [0.1, 0.15) is 5.15 Å². The van der Waals surface area contributed by atoms with Gasteiger partial charge in [0.15, 0.2) is 5.34 Å². The normalized spacial score (nSPS) is 9.08. The van der Waals surface area contributed by atoms with Gasteiger partial charge in [0.05, 0.1) is 5.56 Å². The Morgan fingerprint density at radius 2 is 2.33 bits per heavy atom. The lowest BCUT2D eigenvalue weighted by molar-refractivity contribution is 0.0508. The summed E-state index contributed by atoms with van der Waals surface area (Å²) in [5.41, 5.74) is 0.124. The van der Waals surface area contributed by atoms with Gasteiger partial charge in [-0.15, -0.1) is 4.91 Å². The average molecular weight is 187 g/mol. The second-order valence-electron chi connectivity index (χ2n) is 1.82. The topological polar surface area (TPSA) is 68.6 Å². The van der Waals surface area contributed by atoms with E-state index in [0.717, 1.165) is 0 Å². The Morgan fingerprint density at radius 3 is 2.83 bits per heavy atom. The minimum absolute atomic E-state index is 0.124. The first-order valence-electron chi connectivity index (χ1n) is 2.89. The minimum atomic E-state index is -0.853. The number of hydrogen-bond acceptors (Lipinski definition) is 5. The molecule has 1 heterocycles. The smallest absolute Gasteiger partial charge is 0.279 e. The van der Waals surface area contributed by atoms with E-state index in [0.29, 0.717) is 0 Å². The van der Waals surface area contributed by atoms with E-state index in [4.69, 9.17) is 11.6 Å². The summed E-state index contributed by atoms with van der Waals surface area (Å²) >= 11 is 5.45. The number of halogens is 1. The van der Waals surface area contributed by atoms with E-state index in [1.54, 1.807) is 0 Å². The molecular weight excluding hydrogens is 184 g/mol. The maximum Gasteiger partial charge on any atom is 0.370 e. The standard InChI is InChI=1S/C6H3ClN2O3/c7-5-2-1-4(3-8-5)6(10)12-9-11/h1-3H. The number of hydrogen-bond donors (Lipinski definition) is 0. The van der Waals surface area contributed by atoms with E-state index in [2.05, 4.69) is 9.82 Å². The van der Waals surface area contributed by atoms with Crippen LogP contribution < -0.4 is 0 Å². The van der Waals surface area contributed by atoms with Crippen molar-refractivity contribution in [3.63, 3.8) is 0 Å². The Bertz CT molecular complexity index is 298. The molecule has 0 N–H and O–H groups in total. The number of carbonyl (C=O) groups excluding carboxylic acids is 1. The highest BCUT2D eigenvalue weighted by atomic mass is 35.5. The molecule has 0 spiro atoms. The van der Waals surface area contributed by atoms with Crippen LogP contribution in [-0.4, -0.2) is 11.0 Å². The zero-order chi connectivity index (χ0) is 8.97. The highest BCUT2D eigenvalue weighted by molar-refractivity contribution is 6.29. The predicted molar refractivity (Wildman–Crippen MR) is 40.5 cm³/mol. The van der Waals surface area contributed by atoms with Gasteiger partial charge in [-0.3, -0.25) is 4.84 Å². The van der Waals surface area contributed by atoms with Crippen LogP contribution in [0.4, 0.5) is 0 Å². The monoisotopic (exact) mass is 186 g/mol. The number of carbonyl (C=O) groups is 1. The van der Waals surface area contributed by atoms with Crippen molar-refractivity contribution < 1.29 is 9.63 Å². The van der Waals surface area contributed by atoms with Gasteiger partial charge < -0.3 is 0 Å². The van der Waals surface area contributed by atoms with Gasteiger partial charge in [0.2, 0.25) is 0 Å². The summed E-state index contributed by atoms with van der Waals surface area (Å²) in [7, 11) is 0. The largest absolute Gasteiger partial charge is 0.370 e. The molecule has 1 aromatic rings. The maximum atomic E-state index is 10.8. The van der Waals surface area contributed by atoms with Crippen LogP contribution in [0.3, 0.4) is 0 Å². The van der Waals surface area contributed by atoms with Crippen molar-refractivity contribution in [1.29, 1.82) is 0 Å². The molecule has 0 atom stereocenters. The molecule has 62 valence electrons. The van der Waals surface area contributed by atoms with Gasteiger partial charge >= 0.3 is 5.97 Å². The van der Waals surface area contributed by atoms with Crippen molar-refractivity contribution in [2.24, 2.45) is 5.34 Å². The summed E-state index contributed by atoms with van der Waals surface area (Å²) in [5.74, 6) is -0.853. The van der Waals surface area contributed by atoms with Gasteiger partial charge in [-0.25, -0.2) is 9.78 Å². The molecule has 0 saturated heterocycles. The molecule has 0 aliphatic rings. The van der Waals surface area contributed by atoms with Crippen LogP contribution >= 0.6 is 11.6 Å². The highest BCUT2D eigenvalue weighted by Crippen LogP contribution is 2.06. The fourth-order valence-corrected chi connectivity index (χ4v) is 0.695. The van der Waals surface area contributed by atoms with Gasteiger partial charge in [0, 0.05) is 6.20 Å². The van der Waals surface area contributed by atoms with Gasteiger partial charge in [0.25, 0.3) is 0 Å². The molecule has 0 aromatic carbocycles. The Kier molecular flexibility index (Phi) is 2.71. The maximum absolute atomic E-state index is 10.8. The first kappa shape index (κ1) is 8.61. The third-order valence-electron chi connectivity index (χ3n) is 1.08. The summed E-state index contributed by atoms with van der Waals surface area (Å²) < 4.78 is 0. The summed E-state index contributed by atoms with van der Waals surface area (Å²) in [6, 6.07) is 2.78. The van der Waals surface area contributed by atoms with E-state index in [9.17, 15) is 9.70 Å². The molecule has 0 amide bonds. The highest BCUT2D eigenvalue weighted by Gasteiger charge is 2.07. The molecule has 0 radical (unpaired) electrons. The predicted octanol–water partition coefficient (Wildman–Crippen LogP) is 1.57. The lowest BCUT2D eigenvalue weighted by Crippen LogP contribution is -2.00. The molecule has 1 rings (SSSR count). The van der Waals surface area contributed by atoms with Crippen LogP contribution in [0.2, 0.25) is 5.15 Å². The summed E-state index contributed by atoms with van der Waals surface area (Å²) in [6.07, 6.45) is 1.19. The Balaban J connectivity index is 2.82. The molecule has 5 nitrogen and oxygen atoms in total. The van der Waals surface area contributed by atoms with Crippen LogP contribution in [0, 0.1) is 4.91 Å². The molecule has 0 bridgehead atoms. The van der Waals surface area contributed by atoms with Crippen LogP contribution in [-0.2, 0) is 4.84 Å². The van der Waals surface area contributed by atoms with E-state index in [1.807, 2.05) is 5.34 Å². The average Bonchev–Trinajstić information content (AvgIpc) is 2.06. The molecule has 0 aliphatic carbocycles. The summed E-state index contributed by atoms with van der Waals surface area (Å²) in [5, 5.41) is 2.23. The molecule has 1 aromatic heterocycles. The van der Waals surface area contributed by atoms with Gasteiger partial charge in [-0.2, -0.15) is 0 Å². The van der Waals surface area contributed by atoms with E-state index in [-0.39, 0.29) is 10.7 Å². The van der Waals surface area contributed by atoms with Crippen LogP contribution in [0.5, 0.6) is 0 Å². The number of nitrogens with zero attached hydrogens (tertiary/aromatic N) is 2. The number of pyridine rings is 1. The lowest BCUT2D eigenvalue weighted by atomic mass is 10.3.